The molecule has 1 aromatic carbocycles. The van der Waals surface area contributed by atoms with Crippen LogP contribution in [0.2, 0.25) is 0 Å². The molecule has 120 valence electrons. The monoisotopic (exact) mass is 355 g/mol. The number of fused-ring (bicyclic) bond motifs is 1. The molecule has 0 saturated heterocycles. The normalized spacial score (nSPS) is 13.3. The van der Waals surface area contributed by atoms with Crippen LogP contribution in [0.3, 0.4) is 0 Å². The summed E-state index contributed by atoms with van der Waals surface area (Å²) in [5.74, 6) is -0.0783. The highest BCUT2D eigenvalue weighted by Gasteiger charge is 2.21. The first kappa shape index (κ1) is 16.3. The number of nitrogens with zero attached hydrogens (tertiary/aromatic N) is 3. The molecule has 3 rings (SSSR count). The molecule has 2 heterocycles. The number of para-hydroxylation sites is 1. The van der Waals surface area contributed by atoms with Gasteiger partial charge >= 0.3 is 0 Å². The molecule has 0 radical (unpaired) electrons. The number of aromatic nitrogens is 2. The van der Waals surface area contributed by atoms with Crippen molar-refractivity contribution in [3.63, 3.8) is 0 Å². The maximum Gasteiger partial charge on any atom is 0.252 e. The Morgan fingerprint density at radius 3 is 2.79 bits per heavy atom. The molecule has 1 unspecified atom stereocenters. The van der Waals surface area contributed by atoms with Crippen molar-refractivity contribution in [2.45, 2.75) is 17.2 Å². The minimum absolute atomic E-state index is 0.0783. The molecule has 3 aromatic rings. The number of benzene rings is 1. The molecular formula is C17H13N3O2S2. The predicted octanol–water partition coefficient (Wildman–Crippen LogP) is 3.90. The molecule has 0 aliphatic carbocycles. The molecule has 5 nitrogen and oxygen atoms in total. The molecule has 7 heteroatoms. The second-order valence-electron chi connectivity index (χ2n) is 4.98. The topological polar surface area (TPSA) is 83.9 Å². The van der Waals surface area contributed by atoms with Gasteiger partial charge in [-0.05, 0) is 36.9 Å². The first-order valence-corrected chi connectivity index (χ1v) is 8.84. The first-order valence-electron chi connectivity index (χ1n) is 7.14. The molecule has 0 aliphatic heterocycles. The van der Waals surface area contributed by atoms with Crippen LogP contribution >= 0.6 is 23.1 Å². The van der Waals surface area contributed by atoms with Gasteiger partial charge in [-0.2, -0.15) is 9.99 Å². The average molecular weight is 355 g/mol. The zero-order valence-corrected chi connectivity index (χ0v) is 14.3. The molecule has 0 spiro atoms. The maximum atomic E-state index is 11.7. The molecule has 0 bridgehead atoms. The van der Waals surface area contributed by atoms with Crippen LogP contribution in [0.25, 0.3) is 15.8 Å². The number of aliphatic hydroxyl groups excluding tert-OH is 1. The summed E-state index contributed by atoms with van der Waals surface area (Å²) in [6, 6.07) is 14.7. The van der Waals surface area contributed by atoms with Crippen molar-refractivity contribution in [3.8, 4) is 6.07 Å². The van der Waals surface area contributed by atoms with E-state index < -0.39 is 5.25 Å². The fourth-order valence-electron chi connectivity index (χ4n) is 2.14. The van der Waals surface area contributed by atoms with Crippen molar-refractivity contribution in [2.75, 3.05) is 0 Å². The van der Waals surface area contributed by atoms with Gasteiger partial charge in [0.05, 0.1) is 15.5 Å². The maximum absolute atomic E-state index is 11.7. The van der Waals surface area contributed by atoms with Gasteiger partial charge < -0.3 is 10.3 Å². The Kier molecular flexibility index (Phi) is 4.69. The standard InChI is InChI=1S/C17H13N3O2S2/c1-11(23-15-8-4-5-9-20(15)22)16(21)12(10-18)17-19-13-6-2-3-7-14(13)24-17/h2-9,11,21H,1H3/b16-12+. The van der Waals surface area contributed by atoms with Crippen LogP contribution in [0, 0.1) is 16.5 Å². The van der Waals surface area contributed by atoms with Crippen LogP contribution in [0.15, 0.2) is 59.4 Å². The molecule has 1 N–H and O–H groups in total. The number of hydrogen-bond donors (Lipinski definition) is 1. The van der Waals surface area contributed by atoms with E-state index >= 15 is 0 Å². The molecule has 1 atom stereocenters. The SMILES string of the molecule is CC(Sc1cccc[n+]1[O-])/C(O)=C(/C#N)c1nc2ccccc2s1. The number of nitriles is 1. The quantitative estimate of drug-likeness (QED) is 0.252. The summed E-state index contributed by atoms with van der Waals surface area (Å²) in [6.07, 6.45) is 1.40. The number of hydrogen-bond acceptors (Lipinski definition) is 6. The van der Waals surface area contributed by atoms with E-state index in [1.165, 1.54) is 29.3 Å². The van der Waals surface area contributed by atoms with Gasteiger partial charge in [-0.3, -0.25) is 0 Å². The molecule has 0 aliphatic rings. The third-order valence-electron chi connectivity index (χ3n) is 3.35. The Bertz CT molecular complexity index is 927. The summed E-state index contributed by atoms with van der Waals surface area (Å²) >= 11 is 2.55. The van der Waals surface area contributed by atoms with E-state index in [-0.39, 0.29) is 11.3 Å². The lowest BCUT2D eigenvalue weighted by molar-refractivity contribution is -0.645. The Balaban J connectivity index is 1.95. The van der Waals surface area contributed by atoms with Crippen LogP contribution < -0.4 is 4.73 Å². The van der Waals surface area contributed by atoms with Crippen LogP contribution in [0.1, 0.15) is 11.9 Å². The summed E-state index contributed by atoms with van der Waals surface area (Å²) in [5.41, 5.74) is 0.934. The molecule has 2 aromatic heterocycles. The van der Waals surface area contributed by atoms with Gasteiger partial charge in [0.1, 0.15) is 22.4 Å². The number of aliphatic hydroxyl groups is 1. The van der Waals surface area contributed by atoms with E-state index in [9.17, 15) is 15.6 Å². The highest BCUT2D eigenvalue weighted by Crippen LogP contribution is 2.32. The molecular weight excluding hydrogens is 342 g/mol. The second-order valence-corrected chi connectivity index (χ2v) is 7.38. The Morgan fingerprint density at radius 2 is 2.08 bits per heavy atom. The van der Waals surface area contributed by atoms with Gasteiger partial charge in [0, 0.05) is 12.1 Å². The largest absolute Gasteiger partial charge is 0.618 e. The minimum atomic E-state index is -0.450. The minimum Gasteiger partial charge on any atom is -0.618 e. The number of pyridine rings is 1. The lowest BCUT2D eigenvalue weighted by Gasteiger charge is -2.11. The summed E-state index contributed by atoms with van der Waals surface area (Å²) in [4.78, 5) is 4.41. The number of allylic oxidation sites excluding steroid dienone is 1. The lowest BCUT2D eigenvalue weighted by Crippen LogP contribution is -2.28. The Hall–Kier alpha value is -2.56. The van der Waals surface area contributed by atoms with Crippen molar-refractivity contribution < 1.29 is 9.84 Å². The first-order chi connectivity index (χ1) is 11.6. The van der Waals surface area contributed by atoms with E-state index in [2.05, 4.69) is 4.98 Å². The summed E-state index contributed by atoms with van der Waals surface area (Å²) in [5, 5.41) is 32.2. The highest BCUT2D eigenvalue weighted by atomic mass is 32.2. The van der Waals surface area contributed by atoms with Gasteiger partial charge in [0.2, 0.25) is 0 Å². The van der Waals surface area contributed by atoms with Gasteiger partial charge in [0.25, 0.3) is 5.03 Å². The zero-order valence-electron chi connectivity index (χ0n) is 12.7. The van der Waals surface area contributed by atoms with Gasteiger partial charge in [-0.15, -0.1) is 11.3 Å². The number of thiazole rings is 1. The predicted molar refractivity (Wildman–Crippen MR) is 95.5 cm³/mol. The molecule has 0 fully saturated rings. The smallest absolute Gasteiger partial charge is 0.252 e. The van der Waals surface area contributed by atoms with Crippen LogP contribution in [0.4, 0.5) is 0 Å². The fourth-order valence-corrected chi connectivity index (χ4v) is 4.02. The van der Waals surface area contributed by atoms with Crippen molar-refractivity contribution >= 4 is 38.9 Å². The number of rotatable bonds is 4. The van der Waals surface area contributed by atoms with Crippen molar-refractivity contribution in [1.29, 1.82) is 5.26 Å². The third kappa shape index (κ3) is 3.20. The molecule has 0 saturated carbocycles. The van der Waals surface area contributed by atoms with Gasteiger partial charge in [-0.1, -0.05) is 12.1 Å². The van der Waals surface area contributed by atoms with Gasteiger partial charge in [-0.25, -0.2) is 4.98 Å². The second kappa shape index (κ2) is 6.91. The van der Waals surface area contributed by atoms with Crippen LogP contribution in [-0.4, -0.2) is 15.3 Å². The van der Waals surface area contributed by atoms with Crippen molar-refractivity contribution in [1.82, 2.24) is 4.98 Å². The summed E-state index contributed by atoms with van der Waals surface area (Å²) < 4.78 is 1.69. The van der Waals surface area contributed by atoms with E-state index in [0.717, 1.165) is 14.9 Å². The average Bonchev–Trinajstić information content (AvgIpc) is 3.01. The summed E-state index contributed by atoms with van der Waals surface area (Å²) in [7, 11) is 0. The lowest BCUT2D eigenvalue weighted by atomic mass is 10.2. The van der Waals surface area contributed by atoms with Crippen molar-refractivity contribution in [2.24, 2.45) is 0 Å². The fraction of sp³-hybridized carbons (Fsp3) is 0.118. The highest BCUT2D eigenvalue weighted by molar-refractivity contribution is 7.99. The van der Waals surface area contributed by atoms with Gasteiger partial charge in [0.15, 0.2) is 6.20 Å². The van der Waals surface area contributed by atoms with Crippen LogP contribution in [-0.2, 0) is 0 Å². The van der Waals surface area contributed by atoms with E-state index in [4.69, 9.17) is 0 Å². The van der Waals surface area contributed by atoms with E-state index in [1.807, 2.05) is 30.3 Å². The molecule has 24 heavy (non-hydrogen) atoms. The Labute approximate surface area is 147 Å². The van der Waals surface area contributed by atoms with E-state index in [0.29, 0.717) is 10.0 Å². The molecule has 0 amide bonds. The third-order valence-corrected chi connectivity index (χ3v) is 5.54. The van der Waals surface area contributed by atoms with Crippen molar-refractivity contribution in [3.05, 3.63) is 64.6 Å². The Morgan fingerprint density at radius 1 is 1.33 bits per heavy atom. The van der Waals surface area contributed by atoms with E-state index in [1.54, 1.807) is 25.1 Å². The summed E-state index contributed by atoms with van der Waals surface area (Å²) in [6.45, 7) is 1.75. The number of thioether (sulfide) groups is 1. The van der Waals surface area contributed by atoms with Crippen LogP contribution in [0.5, 0.6) is 0 Å². The zero-order chi connectivity index (χ0) is 17.1.